The first-order valence-electron chi connectivity index (χ1n) is 12.4. The van der Waals surface area contributed by atoms with Gasteiger partial charge in [-0.3, -0.25) is 9.59 Å². The van der Waals surface area contributed by atoms with Gasteiger partial charge in [-0.1, -0.05) is 0 Å². The van der Waals surface area contributed by atoms with E-state index in [0.717, 1.165) is 67.5 Å². The Balaban J connectivity index is 1.60. The van der Waals surface area contributed by atoms with E-state index in [1.807, 2.05) is 20.5 Å². The molecule has 3 aromatic heterocycles. The summed E-state index contributed by atoms with van der Waals surface area (Å²) in [5, 5.41) is 5.33. The Kier molecular flexibility index (Phi) is 6.18. The van der Waals surface area contributed by atoms with Gasteiger partial charge in [0.05, 0.1) is 22.8 Å². The molecule has 180 valence electrons. The van der Waals surface area contributed by atoms with Crippen LogP contribution in [0.2, 0.25) is 0 Å². The van der Waals surface area contributed by atoms with Crippen LogP contribution in [0.15, 0.2) is 18.3 Å². The molecule has 0 radical (unpaired) electrons. The predicted molar refractivity (Wildman–Crippen MR) is 135 cm³/mol. The molecule has 2 saturated heterocycles. The molecule has 3 aromatic rings. The van der Waals surface area contributed by atoms with Crippen LogP contribution in [0.5, 0.6) is 0 Å². The molecule has 2 amide bonds. The summed E-state index contributed by atoms with van der Waals surface area (Å²) < 4.78 is 1.88. The highest BCUT2D eigenvalue weighted by molar-refractivity contribution is 7.12. The highest BCUT2D eigenvalue weighted by Crippen LogP contribution is 2.34. The third-order valence-corrected chi connectivity index (χ3v) is 8.04. The second-order valence-electron chi connectivity index (χ2n) is 9.84. The smallest absolute Gasteiger partial charge is 0.255 e. The summed E-state index contributed by atoms with van der Waals surface area (Å²) in [7, 11) is 0. The van der Waals surface area contributed by atoms with Crippen molar-refractivity contribution in [1.82, 2.24) is 24.6 Å². The monoisotopic (exact) mass is 479 g/mol. The largest absolute Gasteiger partial charge is 0.341 e. The maximum absolute atomic E-state index is 14.1. The van der Waals surface area contributed by atoms with Gasteiger partial charge in [0.2, 0.25) is 5.91 Å². The number of hydrogen-bond acceptors (Lipinski definition) is 5. The van der Waals surface area contributed by atoms with E-state index < -0.39 is 0 Å². The summed E-state index contributed by atoms with van der Waals surface area (Å²) in [6.45, 7) is 10.5. The van der Waals surface area contributed by atoms with Crippen LogP contribution in [-0.4, -0.2) is 62.1 Å². The van der Waals surface area contributed by atoms with Gasteiger partial charge < -0.3 is 9.80 Å². The van der Waals surface area contributed by atoms with E-state index in [0.29, 0.717) is 12.1 Å². The van der Waals surface area contributed by atoms with Gasteiger partial charge in [0.1, 0.15) is 6.04 Å². The highest BCUT2D eigenvalue weighted by atomic mass is 32.1. The van der Waals surface area contributed by atoms with Gasteiger partial charge in [0.25, 0.3) is 5.91 Å². The first-order valence-corrected chi connectivity index (χ1v) is 13.2. The van der Waals surface area contributed by atoms with Crippen molar-refractivity contribution in [2.75, 3.05) is 19.6 Å². The number of aromatic nitrogens is 3. The normalized spacial score (nSPS) is 18.9. The molecule has 2 aliphatic heterocycles. The number of piperidine rings is 1. The summed E-state index contributed by atoms with van der Waals surface area (Å²) in [5.74, 6) is 0.0251. The maximum atomic E-state index is 14.1. The Morgan fingerprint density at radius 1 is 1.06 bits per heavy atom. The van der Waals surface area contributed by atoms with Crippen molar-refractivity contribution in [3.05, 3.63) is 33.6 Å². The summed E-state index contributed by atoms with van der Waals surface area (Å²) >= 11 is 1.73. The number of aryl methyl sites for hydroxylation is 2. The van der Waals surface area contributed by atoms with E-state index >= 15 is 0 Å². The lowest BCUT2D eigenvalue weighted by Gasteiger charge is -2.37. The van der Waals surface area contributed by atoms with Gasteiger partial charge in [-0.2, -0.15) is 5.10 Å². The summed E-state index contributed by atoms with van der Waals surface area (Å²) in [6.07, 6.45) is 6.49. The Morgan fingerprint density at radius 3 is 2.47 bits per heavy atom. The molecule has 8 heteroatoms. The molecule has 34 heavy (non-hydrogen) atoms. The molecule has 1 unspecified atom stereocenters. The van der Waals surface area contributed by atoms with Gasteiger partial charge in [0.15, 0.2) is 5.65 Å². The Bertz CT molecular complexity index is 1240. The molecule has 5 heterocycles. The van der Waals surface area contributed by atoms with E-state index in [9.17, 15) is 9.59 Å². The van der Waals surface area contributed by atoms with Crippen LogP contribution >= 0.6 is 11.3 Å². The quantitative estimate of drug-likeness (QED) is 0.529. The molecule has 0 bridgehead atoms. The number of fused-ring (bicyclic) bond motifs is 1. The van der Waals surface area contributed by atoms with E-state index in [1.165, 1.54) is 9.75 Å². The molecule has 0 aromatic carbocycles. The fraction of sp³-hybridized carbons (Fsp3) is 0.538. The summed E-state index contributed by atoms with van der Waals surface area (Å²) in [4.78, 5) is 38.6. The standard InChI is InChI=1S/C26H33N5O2S/c1-16(2)31-24-21(15-27-31)20(14-22(28-24)19-13-17(3)34-18(19)4)25(32)30-12-6-5-9-23(30)26(33)29-10-7-8-11-29/h13-16,23H,5-12H2,1-4H3. The van der Waals surface area contributed by atoms with E-state index in [2.05, 4.69) is 38.9 Å². The molecule has 0 spiro atoms. The van der Waals surface area contributed by atoms with Gasteiger partial charge >= 0.3 is 0 Å². The molecule has 2 fully saturated rings. The lowest BCUT2D eigenvalue weighted by molar-refractivity contribution is -0.136. The third kappa shape index (κ3) is 4.02. The van der Waals surface area contributed by atoms with Crippen molar-refractivity contribution in [3.8, 4) is 11.3 Å². The molecule has 7 nitrogen and oxygen atoms in total. The minimum absolute atomic E-state index is 0.0844. The van der Waals surface area contributed by atoms with Crippen molar-refractivity contribution < 1.29 is 9.59 Å². The number of carbonyl (C=O) groups is 2. The van der Waals surface area contributed by atoms with Gasteiger partial charge in [0, 0.05) is 41.0 Å². The number of hydrogen-bond donors (Lipinski definition) is 0. The van der Waals surface area contributed by atoms with Crippen LogP contribution in [-0.2, 0) is 4.79 Å². The van der Waals surface area contributed by atoms with Crippen LogP contribution < -0.4 is 0 Å². The molecule has 0 N–H and O–H groups in total. The Morgan fingerprint density at radius 2 is 1.79 bits per heavy atom. The predicted octanol–water partition coefficient (Wildman–Crippen LogP) is 4.97. The van der Waals surface area contributed by atoms with Crippen molar-refractivity contribution in [3.63, 3.8) is 0 Å². The zero-order chi connectivity index (χ0) is 24.0. The molecule has 0 saturated carbocycles. The van der Waals surface area contributed by atoms with E-state index in [1.54, 1.807) is 17.5 Å². The molecular formula is C26H33N5O2S. The molecule has 2 aliphatic rings. The number of carbonyl (C=O) groups excluding carboxylic acids is 2. The fourth-order valence-corrected chi connectivity index (χ4v) is 6.26. The highest BCUT2D eigenvalue weighted by Gasteiger charge is 2.37. The Hall–Kier alpha value is -2.74. The number of nitrogens with zero attached hydrogens (tertiary/aromatic N) is 5. The molecule has 1 atom stereocenters. The van der Waals surface area contributed by atoms with Crippen LogP contribution in [0.1, 0.15) is 72.1 Å². The number of rotatable bonds is 4. The van der Waals surface area contributed by atoms with Crippen molar-refractivity contribution in [2.24, 2.45) is 0 Å². The van der Waals surface area contributed by atoms with Gasteiger partial charge in [-0.25, -0.2) is 9.67 Å². The lowest BCUT2D eigenvalue weighted by atomic mass is 9.98. The minimum Gasteiger partial charge on any atom is -0.341 e. The van der Waals surface area contributed by atoms with Crippen molar-refractivity contribution >= 4 is 34.2 Å². The van der Waals surface area contributed by atoms with Gasteiger partial charge in [-0.15, -0.1) is 11.3 Å². The second kappa shape index (κ2) is 9.13. The van der Waals surface area contributed by atoms with Crippen LogP contribution in [0.25, 0.3) is 22.3 Å². The van der Waals surface area contributed by atoms with Crippen molar-refractivity contribution in [2.45, 2.75) is 71.9 Å². The Labute approximate surface area is 204 Å². The second-order valence-corrected chi connectivity index (χ2v) is 11.3. The summed E-state index contributed by atoms with van der Waals surface area (Å²) in [6, 6.07) is 3.79. The van der Waals surface area contributed by atoms with Crippen LogP contribution in [0.4, 0.5) is 0 Å². The SMILES string of the molecule is Cc1cc(-c2cc(C(=O)N3CCCCC3C(=O)N3CCCC3)c3cnn(C(C)C)c3n2)c(C)s1. The van der Waals surface area contributed by atoms with Gasteiger partial charge in [-0.05, 0) is 71.9 Å². The molecule has 5 rings (SSSR count). The lowest BCUT2D eigenvalue weighted by Crippen LogP contribution is -2.52. The van der Waals surface area contributed by atoms with E-state index in [4.69, 9.17) is 4.98 Å². The topological polar surface area (TPSA) is 71.3 Å². The number of pyridine rings is 1. The third-order valence-electron chi connectivity index (χ3n) is 7.07. The van der Waals surface area contributed by atoms with E-state index in [-0.39, 0.29) is 23.9 Å². The maximum Gasteiger partial charge on any atom is 0.255 e. The molecule has 0 aliphatic carbocycles. The zero-order valence-corrected chi connectivity index (χ0v) is 21.3. The first kappa shape index (κ1) is 23.0. The average molecular weight is 480 g/mol. The number of thiophene rings is 1. The summed E-state index contributed by atoms with van der Waals surface area (Å²) in [5.41, 5.74) is 3.16. The number of amides is 2. The first-order chi connectivity index (χ1) is 16.3. The number of likely N-dealkylation sites (tertiary alicyclic amines) is 2. The zero-order valence-electron chi connectivity index (χ0n) is 20.5. The molecular weight excluding hydrogens is 446 g/mol. The average Bonchev–Trinajstić information content (AvgIpc) is 3.57. The van der Waals surface area contributed by atoms with Crippen LogP contribution in [0, 0.1) is 13.8 Å². The van der Waals surface area contributed by atoms with Crippen molar-refractivity contribution in [1.29, 1.82) is 0 Å². The fourth-order valence-electron chi connectivity index (χ4n) is 5.33. The minimum atomic E-state index is -0.378. The van der Waals surface area contributed by atoms with Crippen LogP contribution in [0.3, 0.4) is 0 Å².